The average Bonchev–Trinajstić information content (AvgIpc) is 2.12. The van der Waals surface area contributed by atoms with E-state index in [-0.39, 0.29) is 78.5 Å². The fourth-order valence-corrected chi connectivity index (χ4v) is 8.06. The summed E-state index contributed by atoms with van der Waals surface area (Å²) in [6, 6.07) is 31.8. The van der Waals surface area contributed by atoms with E-state index in [9.17, 15) is 23.6 Å². The summed E-state index contributed by atoms with van der Waals surface area (Å²) in [5.41, 5.74) is 3.98. The number of aromatic carboxylic acids is 4. The Morgan fingerprint density at radius 3 is 1.18 bits per heavy atom. The van der Waals surface area contributed by atoms with Crippen LogP contribution in [0.1, 0.15) is 99.5 Å². The minimum Gasteiger partial charge on any atom is -0.497 e. The topological polar surface area (TPSA) is 537 Å². The number of aromatic nitrogens is 24. The molecule has 41 nitrogen and oxygen atoms in total. The number of tetrazole rings is 4. The van der Waals surface area contributed by atoms with Gasteiger partial charge < -0.3 is 46.4 Å². The number of rotatable bonds is 27. The third-order valence-corrected chi connectivity index (χ3v) is 12.7. The van der Waals surface area contributed by atoms with Crippen LogP contribution in [-0.2, 0) is 58.8 Å². The van der Waals surface area contributed by atoms with Gasteiger partial charge in [0, 0.05) is 25.7 Å². The molecule has 8 heterocycles. The minimum atomic E-state index is -1.27. The van der Waals surface area contributed by atoms with Crippen LogP contribution in [-0.4, -0.2) is 173 Å². The summed E-state index contributed by atoms with van der Waals surface area (Å²) in [5, 5.41) is 120. The van der Waals surface area contributed by atoms with Crippen molar-refractivity contribution >= 4 is 47.1 Å². The molecule has 0 radical (unpaired) electrons. The van der Waals surface area contributed by atoms with Crippen molar-refractivity contribution in [2.75, 3.05) is 28.4 Å². The maximum absolute atomic E-state index is 13.2. The van der Waals surface area contributed by atoms with Gasteiger partial charge in [-0.15, -0.1) is 20.4 Å². The smallest absolute Gasteiger partial charge is 0.362 e. The minimum absolute atomic E-state index is 0.00778. The van der Waals surface area contributed by atoms with Gasteiger partial charge in [0.05, 0.1) is 7.11 Å². The molecule has 8 aromatic heterocycles. The Bertz CT molecular complexity index is 4370. The summed E-state index contributed by atoms with van der Waals surface area (Å²) in [6.07, 6.45) is 3.90. The normalized spacial score (nSPS) is 10.6. The number of hydrogen-bond acceptors (Lipinski definition) is 33. The number of nitrogens with one attached hydrogen (secondary N) is 4. The Morgan fingerprint density at radius 1 is 0.436 bits per heavy atom. The van der Waals surface area contributed by atoms with Crippen LogP contribution < -0.4 is 26.0 Å². The SMILES string of the molecule is COc1ccc(Cc2nnnn2CNc2nonc2C(=O)O)cc1.Cc1ccc(Cc2nnnn2CNc2nonc2C(=O)O)cc1.O=C(O)c1nonc1NCn1nnnc1CCCc1ccccc1.O=C(O)c1nonc1NCn1nnnc1Cc1cccc(F)c1. The molecule has 0 fully saturated rings. The molecule has 4 aromatic carbocycles. The number of carboxylic acid groups (broad SMARTS) is 4. The number of anilines is 4. The van der Waals surface area contributed by atoms with E-state index >= 15 is 0 Å². The van der Waals surface area contributed by atoms with Gasteiger partial charge in [-0.05, 0) is 149 Å². The number of ether oxygens (including phenoxy) is 1. The third kappa shape index (κ3) is 18.3. The highest BCUT2D eigenvalue weighted by Gasteiger charge is 2.22. The zero-order valence-corrected chi connectivity index (χ0v) is 49.0. The summed E-state index contributed by atoms with van der Waals surface area (Å²) in [6.45, 7) is 2.49. The number of methoxy groups -OCH3 is 1. The number of carbonyl (C=O) groups is 4. The van der Waals surface area contributed by atoms with Crippen molar-refractivity contribution in [1.29, 1.82) is 0 Å². The number of nitrogens with zero attached hydrogens (tertiary/aromatic N) is 24. The van der Waals surface area contributed by atoms with Gasteiger partial charge in [0.2, 0.25) is 46.0 Å². The maximum atomic E-state index is 13.2. The van der Waals surface area contributed by atoms with E-state index in [1.54, 1.807) is 23.9 Å². The van der Waals surface area contributed by atoms with Gasteiger partial charge in [-0.2, -0.15) is 0 Å². The second-order valence-corrected chi connectivity index (χ2v) is 19.1. The largest absolute Gasteiger partial charge is 0.497 e. The summed E-state index contributed by atoms with van der Waals surface area (Å²) >= 11 is 0. The van der Waals surface area contributed by atoms with Crippen LogP contribution in [0.5, 0.6) is 5.75 Å². The molecule has 484 valence electrons. The Balaban J connectivity index is 0.000000148. The highest BCUT2D eigenvalue weighted by atomic mass is 19.1. The zero-order chi connectivity index (χ0) is 66.2. The zero-order valence-electron chi connectivity index (χ0n) is 49.0. The highest BCUT2D eigenvalue weighted by molar-refractivity contribution is 5.91. The molecule has 0 spiro atoms. The van der Waals surface area contributed by atoms with Gasteiger partial charge in [-0.25, -0.2) is 60.8 Å². The van der Waals surface area contributed by atoms with E-state index in [2.05, 4.69) is 155 Å². The lowest BCUT2D eigenvalue weighted by molar-refractivity contribution is 0.0674. The Kier molecular flexibility index (Phi) is 22.2. The van der Waals surface area contributed by atoms with Crippen LogP contribution in [0, 0.1) is 12.7 Å². The first kappa shape index (κ1) is 65.0. The molecule has 12 rings (SSSR count). The summed E-state index contributed by atoms with van der Waals surface area (Å²) in [7, 11) is 1.60. The van der Waals surface area contributed by atoms with Crippen molar-refractivity contribution in [3.63, 3.8) is 0 Å². The molecule has 0 aliphatic rings. The molecule has 0 amide bonds. The lowest BCUT2D eigenvalue weighted by atomic mass is 10.1. The molecular formula is C52H51FN28O13. The van der Waals surface area contributed by atoms with Crippen molar-refractivity contribution in [3.8, 4) is 5.75 Å². The Morgan fingerprint density at radius 2 is 0.798 bits per heavy atom. The second-order valence-electron chi connectivity index (χ2n) is 19.1. The molecule has 8 N–H and O–H groups in total. The van der Waals surface area contributed by atoms with E-state index < -0.39 is 23.9 Å². The predicted molar refractivity (Wildman–Crippen MR) is 308 cm³/mol. The molecule has 42 heteroatoms. The van der Waals surface area contributed by atoms with Crippen LogP contribution in [0.25, 0.3) is 0 Å². The van der Waals surface area contributed by atoms with Crippen LogP contribution in [0.2, 0.25) is 0 Å². The summed E-state index contributed by atoms with van der Waals surface area (Å²) in [5.74, 6) is -2.12. The van der Waals surface area contributed by atoms with E-state index in [0.717, 1.165) is 29.7 Å². The number of halogens is 1. The van der Waals surface area contributed by atoms with Gasteiger partial charge in [0.25, 0.3) is 0 Å². The van der Waals surface area contributed by atoms with Crippen LogP contribution in [0.4, 0.5) is 27.7 Å². The van der Waals surface area contributed by atoms with Crippen LogP contribution in [0.3, 0.4) is 0 Å². The molecule has 0 unspecified atom stereocenters. The molecule has 94 heavy (non-hydrogen) atoms. The monoisotopic (exact) mass is 1290 g/mol. The van der Waals surface area contributed by atoms with Crippen LogP contribution in [0.15, 0.2) is 122 Å². The quantitative estimate of drug-likeness (QED) is 0.0367. The van der Waals surface area contributed by atoms with Crippen molar-refractivity contribution < 1.29 is 67.2 Å². The van der Waals surface area contributed by atoms with E-state index in [1.807, 2.05) is 73.7 Å². The third-order valence-electron chi connectivity index (χ3n) is 12.7. The fourth-order valence-electron chi connectivity index (χ4n) is 8.06. The Hall–Kier alpha value is -13.5. The van der Waals surface area contributed by atoms with E-state index in [4.69, 9.17) is 25.2 Å². The number of benzene rings is 4. The van der Waals surface area contributed by atoms with Crippen molar-refractivity contribution in [2.24, 2.45) is 0 Å². The number of aryl methyl sites for hydroxylation is 3. The van der Waals surface area contributed by atoms with Gasteiger partial charge in [0.1, 0.15) is 38.2 Å². The molecule has 0 saturated heterocycles. The first-order chi connectivity index (χ1) is 45.7. The molecule has 12 aromatic rings. The second kappa shape index (κ2) is 32.1. The van der Waals surface area contributed by atoms with Crippen molar-refractivity contribution in [3.05, 3.63) is 183 Å². The average molecular weight is 1300 g/mol. The number of hydrogen-bond donors (Lipinski definition) is 8. The van der Waals surface area contributed by atoms with E-state index in [1.165, 1.54) is 37.3 Å². The van der Waals surface area contributed by atoms with Gasteiger partial charge >= 0.3 is 23.9 Å². The standard InChI is InChI=1S/C14H15N7O3.C13H13N7O4.C13H13N7O3.C12H10FN7O3/c22-14(23)12-13(18-24-17-12)15-9-21-11(16-19-20-21)8-4-7-10-5-2-1-3-6-10;1-23-9-4-2-8(3-5-9)6-10-15-18-19-20(10)7-14-12-11(13(21)22)16-24-17-12;1-8-2-4-9(5-3-8)6-10-15-18-19-20(10)7-14-12-11(13(21)22)16-23-17-12;13-8-3-1-2-7(4-8)5-9-15-18-19-20(9)6-14-11-10(12(21)22)16-23-17-11/h1-3,5-6H,4,7-9H2,(H,15,18)(H,22,23);2-5H,6-7H2,1H3,(H,14,17)(H,21,22);2-5H,6-7H2,1H3,(H,14,17)(H,21,22);1-4H,5-6H2,(H,14,17)(H,21,22). The molecular weight excluding hydrogens is 1240 g/mol. The first-order valence-corrected chi connectivity index (χ1v) is 27.3. The summed E-state index contributed by atoms with van der Waals surface area (Å²) < 4.78 is 41.9. The van der Waals surface area contributed by atoms with E-state index in [0.29, 0.717) is 54.5 Å². The molecule has 0 bridgehead atoms. The van der Waals surface area contributed by atoms with Gasteiger partial charge in [0.15, 0.2) is 23.3 Å². The Labute approximate surface area is 524 Å². The van der Waals surface area contributed by atoms with Crippen molar-refractivity contribution in [1.82, 2.24) is 122 Å². The molecule has 0 aliphatic heterocycles. The highest BCUT2D eigenvalue weighted by Crippen LogP contribution is 2.18. The lowest BCUT2D eigenvalue weighted by Crippen LogP contribution is -2.15. The maximum Gasteiger partial charge on any atom is 0.362 e. The van der Waals surface area contributed by atoms with Gasteiger partial charge in [-0.3, -0.25) is 0 Å². The molecule has 0 aliphatic carbocycles. The fraction of sp³-hybridized carbons (Fsp3) is 0.231. The first-order valence-electron chi connectivity index (χ1n) is 27.3. The predicted octanol–water partition coefficient (Wildman–Crippen LogP) is 2.70. The van der Waals surface area contributed by atoms with Crippen LogP contribution >= 0.6 is 0 Å². The summed E-state index contributed by atoms with van der Waals surface area (Å²) in [4.78, 5) is 43.7. The lowest BCUT2D eigenvalue weighted by Gasteiger charge is -2.06. The van der Waals surface area contributed by atoms with Gasteiger partial charge in [-0.1, -0.05) is 84.4 Å². The number of carboxylic acids is 4. The van der Waals surface area contributed by atoms with Crippen molar-refractivity contribution in [2.45, 2.75) is 72.1 Å². The molecule has 0 atom stereocenters. The molecule has 0 saturated carbocycles.